The van der Waals surface area contributed by atoms with Crippen LogP contribution in [0.1, 0.15) is 28.8 Å². The number of carbonyl (C=O) groups excluding carboxylic acids is 2. The maximum atomic E-state index is 12.6. The molecule has 2 aromatic carbocycles. The number of esters is 1. The van der Waals surface area contributed by atoms with Gasteiger partial charge in [0.1, 0.15) is 5.75 Å². The van der Waals surface area contributed by atoms with Gasteiger partial charge >= 0.3 is 11.9 Å². The van der Waals surface area contributed by atoms with E-state index in [1.165, 1.54) is 26.4 Å². The topological polar surface area (TPSA) is 124 Å². The molecule has 2 N–H and O–H groups in total. The van der Waals surface area contributed by atoms with Crippen LogP contribution in [0.4, 0.5) is 5.69 Å². The molecule has 0 unspecified atom stereocenters. The molecule has 156 valence electrons. The van der Waals surface area contributed by atoms with Gasteiger partial charge in [-0.1, -0.05) is 17.3 Å². The zero-order valence-corrected chi connectivity index (χ0v) is 16.4. The normalized spacial score (nSPS) is 17.5. The first-order valence-corrected chi connectivity index (χ1v) is 8.98. The summed E-state index contributed by atoms with van der Waals surface area (Å²) in [4.78, 5) is 41.6. The van der Waals surface area contributed by atoms with Crippen molar-refractivity contribution in [1.29, 1.82) is 0 Å². The predicted molar refractivity (Wildman–Crippen MR) is 107 cm³/mol. The zero-order valence-electron chi connectivity index (χ0n) is 16.4. The van der Waals surface area contributed by atoms with Crippen molar-refractivity contribution in [1.82, 2.24) is 0 Å². The summed E-state index contributed by atoms with van der Waals surface area (Å²) in [5.74, 6) is -1.93. The van der Waals surface area contributed by atoms with Gasteiger partial charge in [-0.25, -0.2) is 9.59 Å². The number of oxime groups is 1. The van der Waals surface area contributed by atoms with Crippen LogP contribution in [0.3, 0.4) is 0 Å². The van der Waals surface area contributed by atoms with Crippen molar-refractivity contribution < 1.29 is 33.8 Å². The second-order valence-electron chi connectivity index (χ2n) is 6.60. The molecule has 0 fully saturated rings. The number of carbonyl (C=O) groups is 3. The van der Waals surface area contributed by atoms with Gasteiger partial charge < -0.3 is 24.7 Å². The number of aliphatic carboxylic acids is 1. The van der Waals surface area contributed by atoms with Gasteiger partial charge in [0.05, 0.1) is 37.6 Å². The number of hydrogen-bond donors (Lipinski definition) is 2. The first-order chi connectivity index (χ1) is 14.4. The van der Waals surface area contributed by atoms with Crippen LogP contribution < -0.4 is 10.1 Å². The number of benzene rings is 2. The molecule has 1 heterocycles. The van der Waals surface area contributed by atoms with Crippen LogP contribution in [0.25, 0.3) is 0 Å². The Hall–Kier alpha value is -3.88. The van der Waals surface area contributed by atoms with Crippen molar-refractivity contribution >= 4 is 29.2 Å². The second kappa shape index (κ2) is 8.64. The van der Waals surface area contributed by atoms with Gasteiger partial charge in [0.2, 0.25) is 11.5 Å². The maximum Gasteiger partial charge on any atom is 0.351 e. The van der Waals surface area contributed by atoms with Crippen LogP contribution in [-0.2, 0) is 19.2 Å². The Morgan fingerprint density at radius 3 is 2.47 bits per heavy atom. The van der Waals surface area contributed by atoms with Crippen molar-refractivity contribution in [3.8, 4) is 5.75 Å². The average molecular weight is 412 g/mol. The summed E-state index contributed by atoms with van der Waals surface area (Å²) in [7, 11) is 2.77. The van der Waals surface area contributed by atoms with Gasteiger partial charge in [-0.15, -0.1) is 0 Å². The molecule has 0 bridgehead atoms. The first kappa shape index (κ1) is 20.8. The number of para-hydroxylation sites is 1. The van der Waals surface area contributed by atoms with Crippen LogP contribution in [0, 0.1) is 0 Å². The molecular weight excluding hydrogens is 392 g/mol. The number of nitrogens with one attached hydrogen (secondary N) is 1. The highest BCUT2D eigenvalue weighted by Gasteiger charge is 2.49. The number of rotatable bonds is 7. The average Bonchev–Trinajstić information content (AvgIpc) is 3.19. The Morgan fingerprint density at radius 2 is 1.83 bits per heavy atom. The largest absolute Gasteiger partial charge is 0.497 e. The minimum absolute atomic E-state index is 0.0965. The fourth-order valence-electron chi connectivity index (χ4n) is 3.03. The molecule has 0 spiro atoms. The van der Waals surface area contributed by atoms with Crippen LogP contribution in [-0.4, -0.2) is 48.5 Å². The van der Waals surface area contributed by atoms with E-state index < -0.39 is 29.9 Å². The molecule has 30 heavy (non-hydrogen) atoms. The number of anilines is 1. The number of ether oxygens (including phenoxy) is 2. The van der Waals surface area contributed by atoms with E-state index in [4.69, 9.17) is 14.3 Å². The molecule has 1 amide bonds. The Morgan fingerprint density at radius 1 is 1.13 bits per heavy atom. The highest BCUT2D eigenvalue weighted by molar-refractivity contribution is 6.07. The molecule has 1 aliphatic rings. The quantitative estimate of drug-likeness (QED) is 0.670. The van der Waals surface area contributed by atoms with E-state index in [2.05, 4.69) is 10.5 Å². The lowest BCUT2D eigenvalue weighted by molar-refractivity contribution is -0.165. The third kappa shape index (κ3) is 4.24. The summed E-state index contributed by atoms with van der Waals surface area (Å²) in [6.07, 6.45) is -0.596. The minimum Gasteiger partial charge on any atom is -0.497 e. The third-order valence-corrected chi connectivity index (χ3v) is 4.65. The van der Waals surface area contributed by atoms with Gasteiger partial charge in [0.25, 0.3) is 0 Å². The molecule has 9 nitrogen and oxygen atoms in total. The molecule has 0 saturated carbocycles. The van der Waals surface area contributed by atoms with Crippen molar-refractivity contribution in [2.45, 2.75) is 18.4 Å². The van der Waals surface area contributed by atoms with Crippen molar-refractivity contribution in [3.63, 3.8) is 0 Å². The predicted octanol–water partition coefficient (Wildman–Crippen LogP) is 2.46. The fraction of sp³-hybridized carbons (Fsp3) is 0.238. The van der Waals surface area contributed by atoms with Crippen LogP contribution in [0.2, 0.25) is 0 Å². The van der Waals surface area contributed by atoms with E-state index in [1.807, 2.05) is 0 Å². The van der Waals surface area contributed by atoms with Crippen molar-refractivity contribution in [3.05, 3.63) is 59.7 Å². The Labute approximate surface area is 172 Å². The number of hydrogen-bond acceptors (Lipinski definition) is 7. The summed E-state index contributed by atoms with van der Waals surface area (Å²) >= 11 is 0. The van der Waals surface area contributed by atoms with Gasteiger partial charge in [-0.2, -0.15) is 0 Å². The standard InChI is InChI=1S/C21H20N2O7/c1-28-14-9-7-13(8-10-14)17-11-21(20(26)27,30-23-17)12-18(24)22-16-6-4-3-5-15(16)19(25)29-2/h3-10H,11-12H2,1-2H3,(H,22,24)(H,26,27)/t21-/m1/s1. The molecule has 9 heteroatoms. The fourth-order valence-corrected chi connectivity index (χ4v) is 3.03. The SMILES string of the molecule is COC(=O)c1ccccc1NC(=O)C[C@@]1(C(=O)O)CC(c2ccc(OC)cc2)=NO1. The summed E-state index contributed by atoms with van der Waals surface area (Å²) in [5.41, 5.74) is -0.415. The van der Waals surface area contributed by atoms with E-state index >= 15 is 0 Å². The number of carboxylic acids is 1. The van der Waals surface area contributed by atoms with E-state index in [0.29, 0.717) is 17.0 Å². The lowest BCUT2D eigenvalue weighted by Gasteiger charge is -2.21. The molecule has 1 aliphatic heterocycles. The van der Waals surface area contributed by atoms with Crippen LogP contribution in [0.5, 0.6) is 5.75 Å². The minimum atomic E-state index is -1.85. The molecule has 2 aromatic rings. The van der Waals surface area contributed by atoms with Crippen LogP contribution in [0.15, 0.2) is 53.7 Å². The second-order valence-corrected chi connectivity index (χ2v) is 6.60. The maximum absolute atomic E-state index is 12.6. The lowest BCUT2D eigenvalue weighted by atomic mass is 9.90. The summed E-state index contributed by atoms with van der Waals surface area (Å²) in [5, 5.41) is 16.2. The van der Waals surface area contributed by atoms with E-state index in [-0.39, 0.29) is 17.7 Å². The van der Waals surface area contributed by atoms with Crippen molar-refractivity contribution in [2.24, 2.45) is 5.16 Å². The van der Waals surface area contributed by atoms with Gasteiger partial charge in [-0.3, -0.25) is 4.79 Å². The summed E-state index contributed by atoms with van der Waals surface area (Å²) in [6.45, 7) is 0. The number of carboxylic acid groups (broad SMARTS) is 1. The van der Waals surface area contributed by atoms with Gasteiger partial charge in [-0.05, 0) is 42.0 Å². The van der Waals surface area contributed by atoms with Gasteiger partial charge in [0, 0.05) is 6.42 Å². The summed E-state index contributed by atoms with van der Waals surface area (Å²) in [6, 6.07) is 13.2. The van der Waals surface area contributed by atoms with Crippen molar-refractivity contribution in [2.75, 3.05) is 19.5 Å². The van der Waals surface area contributed by atoms with Gasteiger partial charge in [0.15, 0.2) is 0 Å². The molecule has 0 saturated heterocycles. The number of methoxy groups -OCH3 is 2. The molecule has 0 radical (unpaired) electrons. The number of amides is 1. The lowest BCUT2D eigenvalue weighted by Crippen LogP contribution is -2.42. The van der Waals surface area contributed by atoms with E-state index in [0.717, 1.165) is 0 Å². The monoisotopic (exact) mass is 412 g/mol. The zero-order chi connectivity index (χ0) is 21.7. The molecule has 0 aromatic heterocycles. The Balaban J connectivity index is 1.75. The number of nitrogens with zero attached hydrogens (tertiary/aromatic N) is 1. The van der Waals surface area contributed by atoms with E-state index in [9.17, 15) is 19.5 Å². The Kier molecular flexibility index (Phi) is 6.01. The molecular formula is C21H20N2O7. The highest BCUT2D eigenvalue weighted by Crippen LogP contribution is 2.31. The molecule has 1 atom stereocenters. The van der Waals surface area contributed by atoms with E-state index in [1.54, 1.807) is 36.4 Å². The highest BCUT2D eigenvalue weighted by atomic mass is 16.7. The summed E-state index contributed by atoms with van der Waals surface area (Å²) < 4.78 is 9.80. The first-order valence-electron chi connectivity index (χ1n) is 8.98. The Bertz CT molecular complexity index is 1000. The molecule has 0 aliphatic carbocycles. The molecule has 3 rings (SSSR count). The van der Waals surface area contributed by atoms with Crippen LogP contribution >= 0.6 is 0 Å². The third-order valence-electron chi connectivity index (χ3n) is 4.65. The smallest absolute Gasteiger partial charge is 0.351 e.